The number of benzene rings is 2. The SMILES string of the molecule is N[C@H]1CCN2C(=O)c3cc(/C=C/c4ccccc4)ccc3NC(=O)[C@H]12. The van der Waals surface area contributed by atoms with Crippen LogP contribution in [0.5, 0.6) is 0 Å². The Bertz CT molecular complexity index is 860. The predicted octanol–water partition coefficient (Wildman–Crippen LogP) is 2.35. The number of hydrogen-bond acceptors (Lipinski definition) is 3. The number of amides is 2. The van der Waals surface area contributed by atoms with Crippen LogP contribution >= 0.6 is 0 Å². The van der Waals surface area contributed by atoms with Crippen molar-refractivity contribution < 1.29 is 9.59 Å². The highest BCUT2D eigenvalue weighted by Gasteiger charge is 2.43. The van der Waals surface area contributed by atoms with E-state index in [1.165, 1.54) is 0 Å². The highest BCUT2D eigenvalue weighted by molar-refractivity contribution is 6.10. The molecule has 5 heteroatoms. The van der Waals surface area contributed by atoms with Crippen LogP contribution in [0.1, 0.15) is 27.9 Å². The highest BCUT2D eigenvalue weighted by Crippen LogP contribution is 2.29. The fourth-order valence-corrected chi connectivity index (χ4v) is 3.45. The van der Waals surface area contributed by atoms with Gasteiger partial charge in [-0.1, -0.05) is 48.6 Å². The number of anilines is 1. The van der Waals surface area contributed by atoms with Gasteiger partial charge in [-0.05, 0) is 29.7 Å². The quantitative estimate of drug-likeness (QED) is 0.829. The number of hydrogen-bond donors (Lipinski definition) is 2. The Morgan fingerprint density at radius 1 is 1.04 bits per heavy atom. The molecule has 25 heavy (non-hydrogen) atoms. The van der Waals surface area contributed by atoms with Gasteiger partial charge in [0.1, 0.15) is 6.04 Å². The Hall–Kier alpha value is -2.92. The van der Waals surface area contributed by atoms with Crippen molar-refractivity contribution in [3.63, 3.8) is 0 Å². The molecule has 0 aromatic heterocycles. The molecule has 2 atom stereocenters. The number of nitrogens with one attached hydrogen (secondary N) is 1. The number of carbonyl (C=O) groups is 2. The smallest absolute Gasteiger partial charge is 0.256 e. The summed E-state index contributed by atoms with van der Waals surface area (Å²) < 4.78 is 0. The molecule has 2 aliphatic rings. The number of carbonyl (C=O) groups excluding carboxylic acids is 2. The predicted molar refractivity (Wildman–Crippen MR) is 97.9 cm³/mol. The van der Waals surface area contributed by atoms with E-state index in [2.05, 4.69) is 5.32 Å². The second-order valence-electron chi connectivity index (χ2n) is 6.43. The molecule has 0 radical (unpaired) electrons. The van der Waals surface area contributed by atoms with Crippen molar-refractivity contribution in [1.82, 2.24) is 4.90 Å². The van der Waals surface area contributed by atoms with Gasteiger partial charge in [0.05, 0.1) is 11.3 Å². The van der Waals surface area contributed by atoms with Gasteiger partial charge in [0.2, 0.25) is 5.91 Å². The summed E-state index contributed by atoms with van der Waals surface area (Å²) in [6.45, 7) is 0.515. The molecule has 2 aliphatic heterocycles. The van der Waals surface area contributed by atoms with Gasteiger partial charge >= 0.3 is 0 Å². The molecule has 5 nitrogen and oxygen atoms in total. The molecule has 0 bridgehead atoms. The first-order valence-electron chi connectivity index (χ1n) is 8.38. The lowest BCUT2D eigenvalue weighted by atomic mass is 10.1. The van der Waals surface area contributed by atoms with Crippen LogP contribution in [0, 0.1) is 0 Å². The normalized spacial score (nSPS) is 22.5. The van der Waals surface area contributed by atoms with Gasteiger partial charge in [0.15, 0.2) is 0 Å². The molecule has 2 heterocycles. The lowest BCUT2D eigenvalue weighted by molar-refractivity contribution is -0.119. The molecular weight excluding hydrogens is 314 g/mol. The average Bonchev–Trinajstić information content (AvgIpc) is 2.98. The van der Waals surface area contributed by atoms with E-state index in [-0.39, 0.29) is 17.9 Å². The number of rotatable bonds is 2. The number of nitrogens with two attached hydrogens (primary N) is 1. The largest absolute Gasteiger partial charge is 0.325 e. The van der Waals surface area contributed by atoms with E-state index in [0.29, 0.717) is 24.2 Å². The first-order chi connectivity index (χ1) is 12.1. The molecule has 1 fully saturated rings. The summed E-state index contributed by atoms with van der Waals surface area (Å²) in [7, 11) is 0. The second-order valence-corrected chi connectivity index (χ2v) is 6.43. The summed E-state index contributed by atoms with van der Waals surface area (Å²) in [5.74, 6) is -0.342. The average molecular weight is 333 g/mol. The van der Waals surface area contributed by atoms with Crippen LogP contribution < -0.4 is 11.1 Å². The van der Waals surface area contributed by atoms with Gasteiger partial charge in [-0.2, -0.15) is 0 Å². The topological polar surface area (TPSA) is 75.4 Å². The Kier molecular flexibility index (Phi) is 3.86. The van der Waals surface area contributed by atoms with Crippen molar-refractivity contribution in [1.29, 1.82) is 0 Å². The van der Waals surface area contributed by atoms with Crippen LogP contribution in [0.3, 0.4) is 0 Å². The minimum atomic E-state index is -0.580. The van der Waals surface area contributed by atoms with E-state index in [1.807, 2.05) is 54.6 Å². The summed E-state index contributed by atoms with van der Waals surface area (Å²) in [6, 6.07) is 14.6. The maximum Gasteiger partial charge on any atom is 0.256 e. The van der Waals surface area contributed by atoms with Gasteiger partial charge in [0, 0.05) is 12.6 Å². The Morgan fingerprint density at radius 3 is 2.60 bits per heavy atom. The zero-order chi connectivity index (χ0) is 17.4. The van der Waals surface area contributed by atoms with Crippen molar-refractivity contribution in [2.45, 2.75) is 18.5 Å². The fraction of sp³-hybridized carbons (Fsp3) is 0.200. The van der Waals surface area contributed by atoms with Crippen LogP contribution in [0.2, 0.25) is 0 Å². The zero-order valence-electron chi connectivity index (χ0n) is 13.7. The standard InChI is InChI=1S/C20H19N3O2/c21-16-10-11-23-18(16)19(24)22-17-9-8-14(12-15(17)20(23)25)7-6-13-4-2-1-3-5-13/h1-9,12,16,18H,10-11,21H2,(H,22,24)/b7-6+/t16-,18-/m0/s1. The van der Waals surface area contributed by atoms with Crippen molar-refractivity contribution in [3.05, 3.63) is 65.2 Å². The van der Waals surface area contributed by atoms with Crippen molar-refractivity contribution in [2.24, 2.45) is 5.73 Å². The molecule has 1 saturated heterocycles. The van der Waals surface area contributed by atoms with Crippen molar-refractivity contribution in [2.75, 3.05) is 11.9 Å². The number of fused-ring (bicyclic) bond motifs is 2. The maximum atomic E-state index is 12.9. The van der Waals surface area contributed by atoms with Gasteiger partial charge in [-0.25, -0.2) is 0 Å². The molecule has 4 rings (SSSR count). The van der Waals surface area contributed by atoms with Crippen molar-refractivity contribution >= 4 is 29.7 Å². The third-order valence-electron chi connectivity index (χ3n) is 4.77. The van der Waals surface area contributed by atoms with E-state index in [4.69, 9.17) is 5.73 Å². The van der Waals surface area contributed by atoms with Crippen LogP contribution in [0.15, 0.2) is 48.5 Å². The summed E-state index contributed by atoms with van der Waals surface area (Å²) in [4.78, 5) is 26.9. The van der Waals surface area contributed by atoms with Gasteiger partial charge < -0.3 is 16.0 Å². The first kappa shape index (κ1) is 15.6. The van der Waals surface area contributed by atoms with E-state index >= 15 is 0 Å². The molecule has 0 unspecified atom stereocenters. The van der Waals surface area contributed by atoms with Gasteiger partial charge in [0.25, 0.3) is 5.91 Å². The third-order valence-corrected chi connectivity index (χ3v) is 4.77. The van der Waals surface area contributed by atoms with E-state index in [1.54, 1.807) is 11.0 Å². The lowest BCUT2D eigenvalue weighted by Gasteiger charge is -2.22. The molecule has 2 aromatic carbocycles. The monoisotopic (exact) mass is 333 g/mol. The zero-order valence-corrected chi connectivity index (χ0v) is 13.7. The Balaban J connectivity index is 1.68. The van der Waals surface area contributed by atoms with Crippen molar-refractivity contribution in [3.8, 4) is 0 Å². The molecule has 3 N–H and O–H groups in total. The summed E-state index contributed by atoms with van der Waals surface area (Å²) in [6.07, 6.45) is 4.60. The Labute approximate surface area is 146 Å². The summed E-state index contributed by atoms with van der Waals surface area (Å²) in [5, 5.41) is 2.85. The fourth-order valence-electron chi connectivity index (χ4n) is 3.45. The van der Waals surface area contributed by atoms with Crippen LogP contribution in [-0.4, -0.2) is 35.3 Å². The number of nitrogens with zero attached hydrogens (tertiary/aromatic N) is 1. The maximum absolute atomic E-state index is 12.9. The van der Waals surface area contributed by atoms with Crippen LogP contribution in [0.4, 0.5) is 5.69 Å². The summed E-state index contributed by atoms with van der Waals surface area (Å²) in [5.41, 5.74) is 9.08. The van der Waals surface area contributed by atoms with E-state index in [0.717, 1.165) is 11.1 Å². The minimum absolute atomic E-state index is 0.138. The summed E-state index contributed by atoms with van der Waals surface area (Å²) >= 11 is 0. The van der Waals surface area contributed by atoms with Crippen LogP contribution in [0.25, 0.3) is 12.2 Å². The molecular formula is C20H19N3O2. The van der Waals surface area contributed by atoms with Gasteiger partial charge in [-0.3, -0.25) is 9.59 Å². The molecule has 0 saturated carbocycles. The third kappa shape index (κ3) is 2.83. The molecule has 0 aliphatic carbocycles. The highest BCUT2D eigenvalue weighted by atomic mass is 16.2. The minimum Gasteiger partial charge on any atom is -0.325 e. The molecule has 0 spiro atoms. The Morgan fingerprint density at radius 2 is 1.80 bits per heavy atom. The second kappa shape index (κ2) is 6.18. The molecule has 2 amide bonds. The van der Waals surface area contributed by atoms with E-state index < -0.39 is 6.04 Å². The first-order valence-corrected chi connectivity index (χ1v) is 8.38. The van der Waals surface area contributed by atoms with E-state index in [9.17, 15) is 9.59 Å². The molecule has 2 aromatic rings. The molecule has 126 valence electrons. The lowest BCUT2D eigenvalue weighted by Crippen LogP contribution is -2.48. The van der Waals surface area contributed by atoms with Gasteiger partial charge in [-0.15, -0.1) is 0 Å². The van der Waals surface area contributed by atoms with Crippen LogP contribution in [-0.2, 0) is 4.79 Å².